The first-order valence-corrected chi connectivity index (χ1v) is 8.41. The highest BCUT2D eigenvalue weighted by Gasteiger charge is 2.23. The van der Waals surface area contributed by atoms with Crippen molar-refractivity contribution in [1.82, 2.24) is 14.9 Å². The van der Waals surface area contributed by atoms with Crippen molar-refractivity contribution >= 4 is 0 Å². The predicted molar refractivity (Wildman–Crippen MR) is 91.1 cm³/mol. The molecule has 0 amide bonds. The monoisotopic (exact) mass is 340 g/mol. The van der Waals surface area contributed by atoms with E-state index in [-0.39, 0.29) is 5.82 Å². The SMILES string of the molecule is COCc1nccc(C2CCCN(Cc3ccc(C#N)cc3F)C2)n1. The number of aromatic nitrogens is 2. The lowest BCUT2D eigenvalue weighted by Gasteiger charge is -2.32. The van der Waals surface area contributed by atoms with Gasteiger partial charge in [-0.15, -0.1) is 0 Å². The Hall–Kier alpha value is -2.36. The Bertz CT molecular complexity index is 774. The molecule has 2 heterocycles. The first-order chi connectivity index (χ1) is 12.2. The van der Waals surface area contributed by atoms with Crippen molar-refractivity contribution in [3.8, 4) is 6.07 Å². The minimum Gasteiger partial charge on any atom is -0.377 e. The summed E-state index contributed by atoms with van der Waals surface area (Å²) in [6.45, 7) is 2.72. The molecule has 1 aromatic heterocycles. The largest absolute Gasteiger partial charge is 0.377 e. The normalized spacial score (nSPS) is 18.0. The number of ether oxygens (including phenoxy) is 1. The van der Waals surface area contributed by atoms with Crippen LogP contribution in [0.4, 0.5) is 4.39 Å². The van der Waals surface area contributed by atoms with Crippen LogP contribution in [0.15, 0.2) is 30.5 Å². The molecule has 1 fully saturated rings. The zero-order valence-electron chi connectivity index (χ0n) is 14.3. The van der Waals surface area contributed by atoms with E-state index < -0.39 is 0 Å². The fraction of sp³-hybridized carbons (Fsp3) is 0.421. The van der Waals surface area contributed by atoms with Gasteiger partial charge in [-0.2, -0.15) is 5.26 Å². The van der Waals surface area contributed by atoms with Crippen molar-refractivity contribution in [2.45, 2.75) is 31.9 Å². The number of benzene rings is 1. The van der Waals surface area contributed by atoms with Crippen LogP contribution in [0.1, 0.15) is 41.4 Å². The van der Waals surface area contributed by atoms with Crippen LogP contribution in [0.5, 0.6) is 0 Å². The molecule has 0 bridgehead atoms. The lowest BCUT2D eigenvalue weighted by molar-refractivity contribution is 0.175. The predicted octanol–water partition coefficient (Wildman–Crippen LogP) is 3.01. The van der Waals surface area contributed by atoms with E-state index in [1.165, 1.54) is 6.07 Å². The van der Waals surface area contributed by atoms with Gasteiger partial charge in [-0.25, -0.2) is 14.4 Å². The summed E-state index contributed by atoms with van der Waals surface area (Å²) >= 11 is 0. The van der Waals surface area contributed by atoms with E-state index in [2.05, 4.69) is 14.9 Å². The van der Waals surface area contributed by atoms with Gasteiger partial charge in [-0.1, -0.05) is 6.07 Å². The Morgan fingerprint density at radius 1 is 1.40 bits per heavy atom. The third-order valence-electron chi connectivity index (χ3n) is 4.50. The molecule has 0 saturated carbocycles. The van der Waals surface area contributed by atoms with Gasteiger partial charge in [0.05, 0.1) is 11.6 Å². The van der Waals surface area contributed by atoms with Crippen molar-refractivity contribution in [1.29, 1.82) is 5.26 Å². The van der Waals surface area contributed by atoms with Gasteiger partial charge in [0.15, 0.2) is 5.82 Å². The minimum absolute atomic E-state index is 0.314. The molecule has 1 aliphatic rings. The smallest absolute Gasteiger partial charge is 0.154 e. The Morgan fingerprint density at radius 3 is 3.04 bits per heavy atom. The van der Waals surface area contributed by atoms with E-state index in [1.54, 1.807) is 25.4 Å². The molecule has 6 heteroatoms. The van der Waals surface area contributed by atoms with Gasteiger partial charge in [0.25, 0.3) is 0 Å². The standard InChI is InChI=1S/C19H21FN4O/c1-25-13-19-22-7-6-18(23-19)16-3-2-8-24(12-16)11-15-5-4-14(10-21)9-17(15)20/h4-7,9,16H,2-3,8,11-13H2,1H3. The molecular formula is C19H21FN4O. The van der Waals surface area contributed by atoms with Gasteiger partial charge >= 0.3 is 0 Å². The van der Waals surface area contributed by atoms with E-state index in [0.717, 1.165) is 31.6 Å². The fourth-order valence-electron chi connectivity index (χ4n) is 3.27. The van der Waals surface area contributed by atoms with E-state index >= 15 is 0 Å². The van der Waals surface area contributed by atoms with Gasteiger partial charge in [0.1, 0.15) is 12.4 Å². The molecule has 0 spiro atoms. The summed E-state index contributed by atoms with van der Waals surface area (Å²) < 4.78 is 19.2. The summed E-state index contributed by atoms with van der Waals surface area (Å²) in [5.41, 5.74) is 2.00. The maximum absolute atomic E-state index is 14.1. The zero-order valence-corrected chi connectivity index (χ0v) is 14.3. The highest BCUT2D eigenvalue weighted by molar-refractivity contribution is 5.32. The molecule has 5 nitrogen and oxygen atoms in total. The Labute approximate surface area is 147 Å². The molecule has 3 rings (SSSR count). The van der Waals surface area contributed by atoms with Crippen molar-refractivity contribution in [3.63, 3.8) is 0 Å². The third kappa shape index (κ3) is 4.38. The van der Waals surface area contributed by atoms with Crippen LogP contribution in [0.2, 0.25) is 0 Å². The number of methoxy groups -OCH3 is 1. The fourth-order valence-corrected chi connectivity index (χ4v) is 3.27. The lowest BCUT2D eigenvalue weighted by atomic mass is 9.94. The highest BCUT2D eigenvalue weighted by atomic mass is 19.1. The average molecular weight is 340 g/mol. The summed E-state index contributed by atoms with van der Waals surface area (Å²) in [5, 5.41) is 8.85. The van der Waals surface area contributed by atoms with Gasteiger partial charge in [0.2, 0.25) is 0 Å². The van der Waals surface area contributed by atoms with Crippen LogP contribution < -0.4 is 0 Å². The van der Waals surface area contributed by atoms with Gasteiger partial charge in [-0.3, -0.25) is 4.90 Å². The van der Waals surface area contributed by atoms with Crippen molar-refractivity contribution < 1.29 is 9.13 Å². The van der Waals surface area contributed by atoms with Crippen molar-refractivity contribution in [2.75, 3.05) is 20.2 Å². The number of likely N-dealkylation sites (tertiary alicyclic amines) is 1. The number of piperidine rings is 1. The first kappa shape index (κ1) is 17.5. The van der Waals surface area contributed by atoms with Gasteiger partial charge in [-0.05, 0) is 37.6 Å². The van der Waals surface area contributed by atoms with Gasteiger partial charge in [0, 0.05) is 43.6 Å². The Morgan fingerprint density at radius 2 is 2.28 bits per heavy atom. The van der Waals surface area contributed by atoms with Crippen molar-refractivity contribution in [3.05, 3.63) is 58.9 Å². The van der Waals surface area contributed by atoms with Crippen LogP contribution in [0.25, 0.3) is 0 Å². The second kappa shape index (κ2) is 8.15. The quantitative estimate of drug-likeness (QED) is 0.837. The molecule has 1 unspecified atom stereocenters. The molecular weight excluding hydrogens is 319 g/mol. The lowest BCUT2D eigenvalue weighted by Crippen LogP contribution is -2.34. The Kier molecular flexibility index (Phi) is 5.69. The maximum atomic E-state index is 14.1. The average Bonchev–Trinajstić information content (AvgIpc) is 2.64. The number of nitriles is 1. The number of hydrogen-bond acceptors (Lipinski definition) is 5. The summed E-state index contributed by atoms with van der Waals surface area (Å²) in [4.78, 5) is 11.1. The molecule has 0 N–H and O–H groups in total. The van der Waals surface area contributed by atoms with Gasteiger partial charge < -0.3 is 4.74 Å². The van der Waals surface area contributed by atoms with E-state index in [1.807, 2.05) is 12.1 Å². The van der Waals surface area contributed by atoms with Crippen molar-refractivity contribution in [2.24, 2.45) is 0 Å². The Balaban J connectivity index is 1.69. The topological polar surface area (TPSA) is 62.0 Å². The summed E-state index contributed by atoms with van der Waals surface area (Å²) in [6.07, 6.45) is 3.89. The minimum atomic E-state index is -0.314. The van der Waals surface area contributed by atoms with Crippen LogP contribution >= 0.6 is 0 Å². The van der Waals surface area contributed by atoms with Crippen LogP contribution in [0.3, 0.4) is 0 Å². The molecule has 2 aromatic rings. The van der Waals surface area contributed by atoms with E-state index in [0.29, 0.717) is 36.0 Å². The molecule has 1 atom stereocenters. The molecule has 0 aliphatic carbocycles. The zero-order chi connectivity index (χ0) is 17.6. The molecule has 1 saturated heterocycles. The highest BCUT2D eigenvalue weighted by Crippen LogP contribution is 2.27. The molecule has 130 valence electrons. The first-order valence-electron chi connectivity index (χ1n) is 8.41. The number of nitrogens with zero attached hydrogens (tertiary/aromatic N) is 4. The van der Waals surface area contributed by atoms with Crippen LogP contribution in [-0.4, -0.2) is 35.1 Å². The van der Waals surface area contributed by atoms with Crippen LogP contribution in [-0.2, 0) is 17.9 Å². The van der Waals surface area contributed by atoms with E-state index in [9.17, 15) is 4.39 Å². The summed E-state index contributed by atoms with van der Waals surface area (Å²) in [6, 6.07) is 8.60. The number of hydrogen-bond donors (Lipinski definition) is 0. The second-order valence-corrected chi connectivity index (χ2v) is 6.32. The molecule has 25 heavy (non-hydrogen) atoms. The van der Waals surface area contributed by atoms with Crippen LogP contribution in [0, 0.1) is 17.1 Å². The molecule has 0 radical (unpaired) electrons. The van der Waals surface area contributed by atoms with E-state index in [4.69, 9.17) is 10.00 Å². The number of rotatable bonds is 5. The molecule has 1 aromatic carbocycles. The summed E-state index contributed by atoms with van der Waals surface area (Å²) in [7, 11) is 1.63. The number of halogens is 1. The summed E-state index contributed by atoms with van der Waals surface area (Å²) in [5.74, 6) is 0.689. The second-order valence-electron chi connectivity index (χ2n) is 6.32. The molecule has 1 aliphatic heterocycles. The third-order valence-corrected chi connectivity index (χ3v) is 4.50. The maximum Gasteiger partial charge on any atom is 0.154 e.